The van der Waals surface area contributed by atoms with Crippen LogP contribution in [0.1, 0.15) is 24.9 Å². The lowest BCUT2D eigenvalue weighted by Crippen LogP contribution is -2.45. The first-order valence-corrected chi connectivity index (χ1v) is 7.00. The van der Waals surface area contributed by atoms with Crippen LogP contribution >= 0.6 is 11.6 Å². The Morgan fingerprint density at radius 3 is 2.79 bits per heavy atom. The highest BCUT2D eigenvalue weighted by molar-refractivity contribution is 6.30. The van der Waals surface area contributed by atoms with E-state index in [1.165, 1.54) is 0 Å². The van der Waals surface area contributed by atoms with Crippen LogP contribution in [-0.4, -0.2) is 31.1 Å². The van der Waals surface area contributed by atoms with Gasteiger partial charge in [0.15, 0.2) is 0 Å². The molecule has 0 amide bonds. The minimum absolute atomic E-state index is 0.0262. The maximum atomic E-state index is 14.3. The molecule has 104 valence electrons. The van der Waals surface area contributed by atoms with E-state index >= 15 is 0 Å². The molecule has 2 nitrogen and oxygen atoms in total. The highest BCUT2D eigenvalue weighted by atomic mass is 35.5. The summed E-state index contributed by atoms with van der Waals surface area (Å²) in [5.41, 5.74) is 1.74. The van der Waals surface area contributed by atoms with E-state index in [0.29, 0.717) is 5.56 Å². The predicted octanol–water partition coefficient (Wildman–Crippen LogP) is 3.39. The molecule has 0 unspecified atom stereocenters. The minimum Gasteiger partial charge on any atom is -0.314 e. The van der Waals surface area contributed by atoms with E-state index in [1.807, 2.05) is 19.1 Å². The van der Waals surface area contributed by atoms with Crippen molar-refractivity contribution in [1.29, 1.82) is 0 Å². The molecule has 1 fully saturated rings. The fourth-order valence-electron chi connectivity index (χ4n) is 2.54. The number of benzene rings is 1. The van der Waals surface area contributed by atoms with Crippen LogP contribution in [0.2, 0.25) is 5.02 Å². The fourth-order valence-corrected chi connectivity index (χ4v) is 2.72. The summed E-state index contributed by atoms with van der Waals surface area (Å²) in [6.45, 7) is 9.67. The number of halogens is 2. The molecule has 19 heavy (non-hydrogen) atoms. The van der Waals surface area contributed by atoms with Crippen molar-refractivity contribution in [2.75, 3.05) is 26.2 Å². The van der Waals surface area contributed by atoms with Gasteiger partial charge in [0.2, 0.25) is 0 Å². The Labute approximate surface area is 119 Å². The van der Waals surface area contributed by atoms with Crippen LogP contribution < -0.4 is 5.32 Å². The molecule has 1 atom stereocenters. The van der Waals surface area contributed by atoms with Crippen molar-refractivity contribution in [3.8, 4) is 0 Å². The topological polar surface area (TPSA) is 15.3 Å². The predicted molar refractivity (Wildman–Crippen MR) is 78.0 cm³/mol. The summed E-state index contributed by atoms with van der Waals surface area (Å²) in [4.78, 5) is 2.31. The van der Waals surface area contributed by atoms with Gasteiger partial charge in [0, 0.05) is 37.8 Å². The van der Waals surface area contributed by atoms with Gasteiger partial charge in [0.05, 0.1) is 5.02 Å². The Morgan fingerprint density at radius 1 is 1.47 bits per heavy atom. The monoisotopic (exact) mass is 282 g/mol. The van der Waals surface area contributed by atoms with Gasteiger partial charge in [-0.15, -0.1) is 6.58 Å². The summed E-state index contributed by atoms with van der Waals surface area (Å²) < 4.78 is 14.3. The number of hydrogen-bond donors (Lipinski definition) is 1. The van der Waals surface area contributed by atoms with E-state index in [-0.39, 0.29) is 16.9 Å². The van der Waals surface area contributed by atoms with Crippen molar-refractivity contribution >= 4 is 11.6 Å². The third-order valence-corrected chi connectivity index (χ3v) is 3.77. The maximum Gasteiger partial charge on any atom is 0.146 e. The first kappa shape index (κ1) is 14.5. The molecule has 0 saturated carbocycles. The van der Waals surface area contributed by atoms with Crippen molar-refractivity contribution in [3.63, 3.8) is 0 Å². The first-order chi connectivity index (χ1) is 9.09. The molecule has 1 aromatic carbocycles. The highest BCUT2D eigenvalue weighted by Gasteiger charge is 2.25. The molecule has 1 aromatic rings. The van der Waals surface area contributed by atoms with Crippen molar-refractivity contribution in [3.05, 3.63) is 46.8 Å². The Hall–Kier alpha value is -0.900. The minimum atomic E-state index is -0.297. The van der Waals surface area contributed by atoms with Crippen LogP contribution in [0.25, 0.3) is 0 Å². The zero-order chi connectivity index (χ0) is 13.8. The third-order valence-electron chi connectivity index (χ3n) is 3.47. The molecular formula is C15H20ClFN2. The van der Waals surface area contributed by atoms with E-state index in [4.69, 9.17) is 11.6 Å². The first-order valence-electron chi connectivity index (χ1n) is 6.62. The largest absolute Gasteiger partial charge is 0.314 e. The molecule has 1 aliphatic heterocycles. The van der Waals surface area contributed by atoms with Gasteiger partial charge in [0.25, 0.3) is 0 Å². The standard InChI is InChI=1S/C15H20ClFN2/c1-11(2)10-14(19-8-6-18-7-9-19)12-4-3-5-13(16)15(12)17/h3-5,14,18H,1,6-10H2,2H3/t14-/m0/s1. The van der Waals surface area contributed by atoms with E-state index in [1.54, 1.807) is 6.07 Å². The second kappa shape index (κ2) is 6.51. The molecule has 1 saturated heterocycles. The molecular weight excluding hydrogens is 263 g/mol. The Morgan fingerprint density at radius 2 is 2.16 bits per heavy atom. The van der Waals surface area contributed by atoms with Crippen molar-refractivity contribution in [1.82, 2.24) is 10.2 Å². The van der Waals surface area contributed by atoms with Gasteiger partial charge >= 0.3 is 0 Å². The second-order valence-electron chi connectivity index (χ2n) is 5.11. The van der Waals surface area contributed by atoms with Crippen molar-refractivity contribution in [2.45, 2.75) is 19.4 Å². The zero-order valence-corrected chi connectivity index (χ0v) is 12.0. The summed E-state index contributed by atoms with van der Waals surface area (Å²) in [6.07, 6.45) is 0.761. The maximum absolute atomic E-state index is 14.3. The van der Waals surface area contributed by atoms with Gasteiger partial charge in [0.1, 0.15) is 5.82 Å². The number of nitrogens with one attached hydrogen (secondary N) is 1. The second-order valence-corrected chi connectivity index (χ2v) is 5.51. The molecule has 1 aliphatic rings. The Balaban J connectivity index is 2.30. The lowest BCUT2D eigenvalue weighted by molar-refractivity contribution is 0.169. The van der Waals surface area contributed by atoms with Crippen LogP contribution in [0.15, 0.2) is 30.4 Å². The zero-order valence-electron chi connectivity index (χ0n) is 11.3. The molecule has 0 radical (unpaired) electrons. The molecule has 2 rings (SSSR count). The van der Waals surface area contributed by atoms with E-state index in [2.05, 4.69) is 16.8 Å². The molecule has 1 heterocycles. The van der Waals surface area contributed by atoms with Gasteiger partial charge in [-0.25, -0.2) is 4.39 Å². The molecule has 0 aliphatic carbocycles. The van der Waals surface area contributed by atoms with Crippen LogP contribution in [0.3, 0.4) is 0 Å². The smallest absolute Gasteiger partial charge is 0.146 e. The van der Waals surface area contributed by atoms with E-state index < -0.39 is 0 Å². The molecule has 0 spiro atoms. The van der Waals surface area contributed by atoms with Gasteiger partial charge in [-0.1, -0.05) is 29.3 Å². The van der Waals surface area contributed by atoms with Crippen LogP contribution in [0, 0.1) is 5.82 Å². The average Bonchev–Trinajstić information content (AvgIpc) is 2.40. The summed E-state index contributed by atoms with van der Waals surface area (Å²) in [7, 11) is 0. The van der Waals surface area contributed by atoms with Gasteiger partial charge in [-0.3, -0.25) is 4.90 Å². The quantitative estimate of drug-likeness (QED) is 0.852. The van der Waals surface area contributed by atoms with E-state index in [0.717, 1.165) is 38.2 Å². The Kier molecular flexibility index (Phi) is 4.97. The lowest BCUT2D eigenvalue weighted by Gasteiger charge is -2.35. The number of nitrogens with zero attached hydrogens (tertiary/aromatic N) is 1. The van der Waals surface area contributed by atoms with Crippen molar-refractivity contribution < 1.29 is 4.39 Å². The van der Waals surface area contributed by atoms with Crippen LogP contribution in [-0.2, 0) is 0 Å². The highest BCUT2D eigenvalue weighted by Crippen LogP contribution is 2.31. The molecule has 0 bridgehead atoms. The fraction of sp³-hybridized carbons (Fsp3) is 0.467. The number of hydrogen-bond acceptors (Lipinski definition) is 2. The summed E-state index contributed by atoms with van der Waals surface area (Å²) >= 11 is 5.91. The number of rotatable bonds is 4. The molecule has 1 N–H and O–H groups in total. The van der Waals surface area contributed by atoms with E-state index in [9.17, 15) is 4.39 Å². The average molecular weight is 283 g/mol. The van der Waals surface area contributed by atoms with Crippen molar-refractivity contribution in [2.24, 2.45) is 0 Å². The van der Waals surface area contributed by atoms with Crippen LogP contribution in [0.5, 0.6) is 0 Å². The third kappa shape index (κ3) is 3.56. The summed E-state index contributed by atoms with van der Waals surface area (Å²) in [5, 5.41) is 3.51. The SMILES string of the molecule is C=C(C)C[C@@H](c1cccc(Cl)c1F)N1CCNCC1. The number of piperazine rings is 1. The van der Waals surface area contributed by atoms with Crippen LogP contribution in [0.4, 0.5) is 4.39 Å². The van der Waals surface area contributed by atoms with Gasteiger partial charge < -0.3 is 5.32 Å². The normalized spacial score (nSPS) is 18.3. The van der Waals surface area contributed by atoms with Gasteiger partial charge in [-0.05, 0) is 19.4 Å². The van der Waals surface area contributed by atoms with Gasteiger partial charge in [-0.2, -0.15) is 0 Å². The molecule has 0 aromatic heterocycles. The Bertz CT molecular complexity index is 455. The lowest BCUT2D eigenvalue weighted by atomic mass is 9.97. The summed E-state index contributed by atoms with van der Waals surface area (Å²) in [5.74, 6) is -0.297. The summed E-state index contributed by atoms with van der Waals surface area (Å²) in [6, 6.07) is 5.26. The molecule has 4 heteroatoms.